The Morgan fingerprint density at radius 1 is 0.650 bits per heavy atom. The van der Waals surface area contributed by atoms with E-state index in [2.05, 4.69) is 30.9 Å². The van der Waals surface area contributed by atoms with Crippen molar-refractivity contribution in [3.63, 3.8) is 0 Å². The number of benzene rings is 5. The second kappa shape index (κ2) is 21.9. The van der Waals surface area contributed by atoms with Gasteiger partial charge < -0.3 is 29.7 Å². The number of hydrogen-bond donors (Lipinski definition) is 3. The first-order valence-electron chi connectivity index (χ1n) is 19.7. The first kappa shape index (κ1) is 46.7. The SMILES string of the molecule is CCC1CCCCN1c1ccc(C(=O)O)cc1COC.CCc1ccccc1-c1ccc(C(=O)O)cc1COC.Cc1ccccc1-c1ccc(C(=O)O)cc1C(F)(F)F. The number of carboxylic acids is 3. The highest BCUT2D eigenvalue weighted by molar-refractivity contribution is 5.90. The van der Waals surface area contributed by atoms with Crippen molar-refractivity contribution in [2.75, 3.05) is 25.7 Å². The van der Waals surface area contributed by atoms with Crippen molar-refractivity contribution in [3.8, 4) is 22.3 Å². The standard InChI is InChI=1S/C17H18O3.C16H23NO3.C15H11F3O2/c1-3-12-6-4-5-7-15(12)16-9-8-13(17(18)19)10-14(16)11-20-2;1-3-14-6-4-5-9-17(14)15-8-7-12(16(18)19)10-13(15)11-20-2;1-9-4-2-3-5-11(9)12-7-6-10(14(19)20)8-13(12)15(16,17)18/h4-10H,3,11H2,1-2H3,(H,18,19);7-8,10,14H,3-6,9,11H2,1-2H3,(H,18,19);2-8H,1H3,(H,19,20). The van der Waals surface area contributed by atoms with Crippen LogP contribution in [0.4, 0.5) is 18.9 Å². The Labute approximate surface area is 349 Å². The molecule has 5 aromatic carbocycles. The predicted molar refractivity (Wildman–Crippen MR) is 227 cm³/mol. The zero-order valence-corrected chi connectivity index (χ0v) is 34.5. The van der Waals surface area contributed by atoms with Crippen molar-refractivity contribution in [2.45, 2.75) is 78.3 Å². The Balaban J connectivity index is 0.000000198. The summed E-state index contributed by atoms with van der Waals surface area (Å²) in [7, 11) is 3.26. The second-order valence-electron chi connectivity index (χ2n) is 14.3. The number of nitrogens with zero attached hydrogens (tertiary/aromatic N) is 1. The summed E-state index contributed by atoms with van der Waals surface area (Å²) in [5.41, 5.74) is 6.83. The van der Waals surface area contributed by atoms with Crippen molar-refractivity contribution in [2.24, 2.45) is 0 Å². The van der Waals surface area contributed by atoms with Crippen LogP contribution in [0, 0.1) is 6.92 Å². The molecule has 0 radical (unpaired) electrons. The van der Waals surface area contributed by atoms with Gasteiger partial charge in [-0.05, 0) is 120 Å². The Hall–Kier alpha value is -5.98. The number of carbonyl (C=O) groups is 3. The lowest BCUT2D eigenvalue weighted by molar-refractivity contribution is -0.137. The molecule has 1 fully saturated rings. The van der Waals surface area contributed by atoms with Crippen LogP contribution in [0.3, 0.4) is 0 Å². The molecule has 0 saturated carbocycles. The van der Waals surface area contributed by atoms with Gasteiger partial charge in [-0.15, -0.1) is 0 Å². The molecular weight excluding hydrogens is 776 g/mol. The number of rotatable bonds is 12. The van der Waals surface area contributed by atoms with Crippen LogP contribution >= 0.6 is 0 Å². The van der Waals surface area contributed by atoms with Crippen LogP contribution in [-0.4, -0.2) is 60.0 Å². The summed E-state index contributed by atoms with van der Waals surface area (Å²) < 4.78 is 49.8. The molecule has 1 aliphatic heterocycles. The summed E-state index contributed by atoms with van der Waals surface area (Å²) in [5.74, 6) is -3.19. The number of hydrogen-bond acceptors (Lipinski definition) is 6. The molecule has 60 heavy (non-hydrogen) atoms. The van der Waals surface area contributed by atoms with E-state index in [-0.39, 0.29) is 16.7 Å². The lowest BCUT2D eigenvalue weighted by Crippen LogP contribution is -2.39. The van der Waals surface area contributed by atoms with Gasteiger partial charge in [-0.1, -0.05) is 74.5 Å². The smallest absolute Gasteiger partial charge is 0.417 e. The first-order valence-corrected chi connectivity index (χ1v) is 19.7. The third-order valence-electron chi connectivity index (χ3n) is 10.4. The number of aromatic carboxylic acids is 3. The van der Waals surface area contributed by atoms with Gasteiger partial charge in [0.15, 0.2) is 0 Å². The molecule has 5 aromatic rings. The van der Waals surface area contributed by atoms with E-state index in [0.717, 1.165) is 47.3 Å². The highest BCUT2D eigenvalue weighted by Crippen LogP contribution is 2.39. The Morgan fingerprint density at radius 2 is 1.17 bits per heavy atom. The van der Waals surface area contributed by atoms with Gasteiger partial charge in [-0.25, -0.2) is 14.4 Å². The zero-order chi connectivity index (χ0) is 44.0. The van der Waals surface area contributed by atoms with Gasteiger partial charge in [0.25, 0.3) is 0 Å². The van der Waals surface area contributed by atoms with Gasteiger partial charge in [-0.2, -0.15) is 13.2 Å². The molecule has 318 valence electrons. The van der Waals surface area contributed by atoms with Gasteiger partial charge in [0.1, 0.15) is 0 Å². The molecule has 0 amide bonds. The number of ether oxygens (including phenoxy) is 2. The van der Waals surface area contributed by atoms with Crippen molar-refractivity contribution in [3.05, 3.63) is 148 Å². The maximum atomic E-state index is 13.1. The van der Waals surface area contributed by atoms with E-state index in [1.54, 1.807) is 69.7 Å². The van der Waals surface area contributed by atoms with Gasteiger partial charge in [0, 0.05) is 38.1 Å². The zero-order valence-electron chi connectivity index (χ0n) is 34.5. The van der Waals surface area contributed by atoms with Crippen molar-refractivity contribution >= 4 is 23.6 Å². The Morgan fingerprint density at radius 3 is 1.73 bits per heavy atom. The van der Waals surface area contributed by atoms with E-state index in [0.29, 0.717) is 42.0 Å². The first-order chi connectivity index (χ1) is 28.6. The van der Waals surface area contributed by atoms with E-state index >= 15 is 0 Å². The summed E-state index contributed by atoms with van der Waals surface area (Å²) in [6, 6.07) is 29.0. The van der Waals surface area contributed by atoms with Crippen LogP contribution in [0.2, 0.25) is 0 Å². The molecule has 1 saturated heterocycles. The van der Waals surface area contributed by atoms with Gasteiger partial charge >= 0.3 is 24.1 Å². The molecule has 1 unspecified atom stereocenters. The van der Waals surface area contributed by atoms with Gasteiger partial charge in [0.2, 0.25) is 0 Å². The van der Waals surface area contributed by atoms with Crippen LogP contribution in [0.25, 0.3) is 22.3 Å². The number of alkyl halides is 3. The monoisotopic (exact) mass is 827 g/mol. The minimum absolute atomic E-state index is 0.0133. The molecule has 1 heterocycles. The second-order valence-corrected chi connectivity index (χ2v) is 14.3. The van der Waals surface area contributed by atoms with Gasteiger partial charge in [0.05, 0.1) is 35.5 Å². The molecule has 0 bridgehead atoms. The summed E-state index contributed by atoms with van der Waals surface area (Å²) in [6.07, 6.45) is 1.13. The van der Waals surface area contributed by atoms with Crippen LogP contribution in [0.1, 0.15) is 98.4 Å². The molecule has 1 aliphatic rings. The lowest BCUT2D eigenvalue weighted by Gasteiger charge is -2.38. The molecule has 0 aromatic heterocycles. The summed E-state index contributed by atoms with van der Waals surface area (Å²) in [6.45, 7) is 7.92. The van der Waals surface area contributed by atoms with Crippen LogP contribution in [0.5, 0.6) is 0 Å². The summed E-state index contributed by atoms with van der Waals surface area (Å²) in [5, 5.41) is 27.0. The number of carboxylic acid groups (broad SMARTS) is 3. The highest BCUT2D eigenvalue weighted by Gasteiger charge is 2.35. The number of aryl methyl sites for hydroxylation is 2. The fourth-order valence-corrected chi connectivity index (χ4v) is 7.39. The normalized spacial score (nSPS) is 13.7. The van der Waals surface area contributed by atoms with E-state index in [1.165, 1.54) is 37.0 Å². The third-order valence-corrected chi connectivity index (χ3v) is 10.4. The Bertz CT molecular complexity index is 2250. The van der Waals surface area contributed by atoms with Crippen molar-refractivity contribution in [1.82, 2.24) is 0 Å². The van der Waals surface area contributed by atoms with Crippen molar-refractivity contribution < 1.29 is 52.3 Å². The maximum absolute atomic E-state index is 13.1. The molecule has 6 rings (SSSR count). The average Bonchev–Trinajstić information content (AvgIpc) is 3.24. The van der Waals surface area contributed by atoms with Crippen LogP contribution in [-0.2, 0) is 35.3 Å². The Kier molecular flexibility index (Phi) is 17.0. The predicted octanol–water partition coefficient (Wildman–Crippen LogP) is 11.4. The molecule has 1 atom stereocenters. The quantitative estimate of drug-likeness (QED) is 0.112. The van der Waals surface area contributed by atoms with Crippen LogP contribution in [0.15, 0.2) is 103 Å². The van der Waals surface area contributed by atoms with E-state index in [4.69, 9.17) is 24.8 Å². The number of anilines is 1. The van der Waals surface area contributed by atoms with Crippen LogP contribution < -0.4 is 4.90 Å². The maximum Gasteiger partial charge on any atom is 0.417 e. The molecular formula is C48H52F3NO8. The molecule has 12 heteroatoms. The fourth-order valence-electron chi connectivity index (χ4n) is 7.39. The molecule has 9 nitrogen and oxygen atoms in total. The number of piperidine rings is 1. The van der Waals surface area contributed by atoms with Crippen molar-refractivity contribution in [1.29, 1.82) is 0 Å². The van der Waals surface area contributed by atoms with E-state index in [9.17, 15) is 27.6 Å². The van der Waals surface area contributed by atoms with E-state index < -0.39 is 29.6 Å². The van der Waals surface area contributed by atoms with E-state index in [1.807, 2.05) is 24.3 Å². The minimum Gasteiger partial charge on any atom is -0.478 e. The summed E-state index contributed by atoms with van der Waals surface area (Å²) in [4.78, 5) is 35.4. The summed E-state index contributed by atoms with van der Waals surface area (Å²) >= 11 is 0. The molecule has 0 spiro atoms. The third kappa shape index (κ3) is 12.0. The number of halogens is 3. The lowest BCUT2D eigenvalue weighted by atomic mass is 9.93. The molecule has 0 aliphatic carbocycles. The minimum atomic E-state index is -4.61. The largest absolute Gasteiger partial charge is 0.478 e. The number of methoxy groups -OCH3 is 2. The van der Waals surface area contributed by atoms with Gasteiger partial charge in [-0.3, -0.25) is 0 Å². The topological polar surface area (TPSA) is 134 Å². The highest BCUT2D eigenvalue weighted by atomic mass is 19.4. The fraction of sp³-hybridized carbons (Fsp3) is 0.312. The molecule has 3 N–H and O–H groups in total. The average molecular weight is 828 g/mol.